The van der Waals surface area contributed by atoms with Crippen molar-refractivity contribution >= 4 is 8.07 Å². The van der Waals surface area contributed by atoms with Crippen molar-refractivity contribution < 1.29 is 5.11 Å². The highest BCUT2D eigenvalue weighted by molar-refractivity contribution is 6.83. The second-order valence-electron chi connectivity index (χ2n) is 4.82. The van der Waals surface area contributed by atoms with E-state index in [1.165, 1.54) is 0 Å². The van der Waals surface area contributed by atoms with Crippen molar-refractivity contribution in [2.45, 2.75) is 39.4 Å². The Morgan fingerprint density at radius 3 is 2.36 bits per heavy atom. The highest BCUT2D eigenvalue weighted by atomic mass is 28.3. The maximum atomic E-state index is 9.06. The van der Waals surface area contributed by atoms with Gasteiger partial charge in [0, 0.05) is 18.9 Å². The van der Waals surface area contributed by atoms with Crippen LogP contribution in [0, 0.1) is 17.4 Å². The second-order valence-corrected chi connectivity index (χ2v) is 9.57. The van der Waals surface area contributed by atoms with Gasteiger partial charge in [0.05, 0.1) is 0 Å². The minimum Gasteiger partial charge on any atom is -0.396 e. The average molecular weight is 210 g/mol. The third-order valence-electron chi connectivity index (χ3n) is 2.00. The summed E-state index contributed by atoms with van der Waals surface area (Å²) in [5.74, 6) is 3.43. The van der Waals surface area contributed by atoms with E-state index in [2.05, 4.69) is 37.7 Å². The van der Waals surface area contributed by atoms with Gasteiger partial charge in [0.2, 0.25) is 0 Å². The summed E-state index contributed by atoms with van der Waals surface area (Å²) in [5.41, 5.74) is 4.38. The first-order valence-corrected chi connectivity index (χ1v) is 8.63. The van der Waals surface area contributed by atoms with Crippen LogP contribution < -0.4 is 0 Å². The summed E-state index contributed by atoms with van der Waals surface area (Å²) in [5, 5.41) is 9.06. The first kappa shape index (κ1) is 13.5. The van der Waals surface area contributed by atoms with Gasteiger partial charge in [0.25, 0.3) is 0 Å². The predicted octanol–water partition coefficient (Wildman–Crippen LogP) is 2.83. The zero-order valence-electron chi connectivity index (χ0n) is 9.85. The molecule has 0 aliphatic heterocycles. The van der Waals surface area contributed by atoms with Crippen LogP contribution in [0.15, 0.2) is 12.2 Å². The van der Waals surface area contributed by atoms with E-state index in [1.54, 1.807) is 0 Å². The SMILES string of the molecule is C=C(C)[C@H](CO)CCC#C[Si](C)(C)C. The second kappa shape index (κ2) is 6.05. The molecular formula is C12H22OSi. The molecule has 14 heavy (non-hydrogen) atoms. The number of rotatable bonds is 4. The molecule has 80 valence electrons. The van der Waals surface area contributed by atoms with E-state index >= 15 is 0 Å². The first-order valence-electron chi connectivity index (χ1n) is 5.13. The van der Waals surface area contributed by atoms with Crippen LogP contribution in [0.3, 0.4) is 0 Å². The molecule has 0 aromatic rings. The van der Waals surface area contributed by atoms with Crippen LogP contribution in [0.1, 0.15) is 19.8 Å². The molecule has 0 aliphatic carbocycles. The molecule has 0 bridgehead atoms. The van der Waals surface area contributed by atoms with Gasteiger partial charge in [0.1, 0.15) is 8.07 Å². The lowest BCUT2D eigenvalue weighted by Gasteiger charge is -2.11. The molecule has 0 saturated heterocycles. The molecule has 1 atom stereocenters. The summed E-state index contributed by atoms with van der Waals surface area (Å²) in [6, 6.07) is 0. The summed E-state index contributed by atoms with van der Waals surface area (Å²) in [6.07, 6.45) is 1.81. The molecule has 0 radical (unpaired) electrons. The quantitative estimate of drug-likeness (QED) is 0.430. The molecule has 0 aromatic heterocycles. The van der Waals surface area contributed by atoms with Crippen molar-refractivity contribution in [1.82, 2.24) is 0 Å². The Morgan fingerprint density at radius 2 is 2.00 bits per heavy atom. The first-order chi connectivity index (χ1) is 6.37. The summed E-state index contributed by atoms with van der Waals surface area (Å²) in [4.78, 5) is 0. The third kappa shape index (κ3) is 6.94. The van der Waals surface area contributed by atoms with Gasteiger partial charge in [-0.1, -0.05) is 31.8 Å². The average Bonchev–Trinajstić information content (AvgIpc) is 2.01. The van der Waals surface area contributed by atoms with E-state index in [9.17, 15) is 0 Å². The number of aliphatic hydroxyl groups excluding tert-OH is 1. The molecule has 0 aliphatic rings. The van der Waals surface area contributed by atoms with Crippen molar-refractivity contribution in [1.29, 1.82) is 0 Å². The molecule has 0 rings (SSSR count). The van der Waals surface area contributed by atoms with Gasteiger partial charge >= 0.3 is 0 Å². The van der Waals surface area contributed by atoms with E-state index in [4.69, 9.17) is 5.11 Å². The van der Waals surface area contributed by atoms with Crippen LogP contribution >= 0.6 is 0 Å². The third-order valence-corrected chi connectivity index (χ3v) is 2.93. The predicted molar refractivity (Wildman–Crippen MR) is 65.7 cm³/mol. The van der Waals surface area contributed by atoms with Crippen LogP contribution in [0.2, 0.25) is 19.6 Å². The summed E-state index contributed by atoms with van der Waals surface area (Å²) < 4.78 is 0. The van der Waals surface area contributed by atoms with Crippen LogP contribution in [-0.2, 0) is 0 Å². The molecule has 0 unspecified atom stereocenters. The van der Waals surface area contributed by atoms with Crippen molar-refractivity contribution in [3.05, 3.63) is 12.2 Å². The molecule has 0 saturated carbocycles. The molecule has 1 nitrogen and oxygen atoms in total. The Bertz CT molecular complexity index is 239. The molecule has 0 spiro atoms. The summed E-state index contributed by atoms with van der Waals surface area (Å²) in [6.45, 7) is 12.7. The molecule has 2 heteroatoms. The fourth-order valence-electron chi connectivity index (χ4n) is 1.07. The van der Waals surface area contributed by atoms with Crippen LogP contribution in [0.5, 0.6) is 0 Å². The van der Waals surface area contributed by atoms with Gasteiger partial charge in [-0.05, 0) is 13.3 Å². The van der Waals surface area contributed by atoms with Crippen molar-refractivity contribution in [2.24, 2.45) is 5.92 Å². The summed E-state index contributed by atoms with van der Waals surface area (Å²) in [7, 11) is -1.21. The van der Waals surface area contributed by atoms with Gasteiger partial charge < -0.3 is 5.11 Å². The van der Waals surface area contributed by atoms with E-state index in [0.29, 0.717) is 0 Å². The van der Waals surface area contributed by atoms with E-state index in [0.717, 1.165) is 18.4 Å². The molecule has 0 heterocycles. The lowest BCUT2D eigenvalue weighted by atomic mass is 9.98. The molecule has 0 amide bonds. The number of hydrogen-bond acceptors (Lipinski definition) is 1. The van der Waals surface area contributed by atoms with Gasteiger partial charge in [-0.3, -0.25) is 0 Å². The van der Waals surface area contributed by atoms with Crippen molar-refractivity contribution in [3.8, 4) is 11.5 Å². The minimum absolute atomic E-state index is 0.198. The Kier molecular flexibility index (Phi) is 5.83. The molecule has 0 aromatic carbocycles. The fraction of sp³-hybridized carbons (Fsp3) is 0.667. The van der Waals surface area contributed by atoms with Crippen molar-refractivity contribution in [2.75, 3.05) is 6.61 Å². The van der Waals surface area contributed by atoms with E-state index in [1.807, 2.05) is 6.92 Å². The lowest BCUT2D eigenvalue weighted by molar-refractivity contribution is 0.241. The standard InChI is InChI=1S/C12H22OSi/c1-11(2)12(10-13)8-6-7-9-14(3,4)5/h12-13H,1,6,8,10H2,2-5H3/t12-/m0/s1. The van der Waals surface area contributed by atoms with E-state index < -0.39 is 8.07 Å². The van der Waals surface area contributed by atoms with Crippen LogP contribution in [0.25, 0.3) is 0 Å². The zero-order valence-corrected chi connectivity index (χ0v) is 10.9. The Labute approximate surface area is 89.2 Å². The van der Waals surface area contributed by atoms with Gasteiger partial charge in [-0.25, -0.2) is 0 Å². The monoisotopic (exact) mass is 210 g/mol. The zero-order chi connectivity index (χ0) is 11.2. The highest BCUT2D eigenvalue weighted by Gasteiger charge is 2.08. The van der Waals surface area contributed by atoms with E-state index in [-0.39, 0.29) is 12.5 Å². The Morgan fingerprint density at radius 1 is 1.43 bits per heavy atom. The Hall–Kier alpha value is -0.523. The van der Waals surface area contributed by atoms with Crippen LogP contribution in [-0.4, -0.2) is 19.8 Å². The largest absolute Gasteiger partial charge is 0.396 e. The lowest BCUT2D eigenvalue weighted by Crippen LogP contribution is -2.16. The molecular weight excluding hydrogens is 188 g/mol. The maximum absolute atomic E-state index is 9.06. The molecule has 1 N–H and O–H groups in total. The topological polar surface area (TPSA) is 20.2 Å². The smallest absolute Gasteiger partial charge is 0.129 e. The van der Waals surface area contributed by atoms with Gasteiger partial charge in [0.15, 0.2) is 0 Å². The fourth-order valence-corrected chi connectivity index (χ4v) is 1.72. The normalized spacial score (nSPS) is 12.9. The highest BCUT2D eigenvalue weighted by Crippen LogP contribution is 2.13. The number of aliphatic hydroxyl groups is 1. The molecule has 0 fully saturated rings. The maximum Gasteiger partial charge on any atom is 0.129 e. The van der Waals surface area contributed by atoms with Gasteiger partial charge in [-0.15, -0.1) is 11.5 Å². The number of hydrogen-bond donors (Lipinski definition) is 1. The van der Waals surface area contributed by atoms with Gasteiger partial charge in [-0.2, -0.15) is 0 Å². The van der Waals surface area contributed by atoms with Crippen LogP contribution in [0.4, 0.5) is 0 Å². The summed E-state index contributed by atoms with van der Waals surface area (Å²) >= 11 is 0. The minimum atomic E-state index is -1.21. The van der Waals surface area contributed by atoms with Crippen molar-refractivity contribution in [3.63, 3.8) is 0 Å². The Balaban J connectivity index is 3.92.